The highest BCUT2D eigenvalue weighted by molar-refractivity contribution is 5.81. The van der Waals surface area contributed by atoms with Crippen LogP contribution >= 0.6 is 0 Å². The predicted molar refractivity (Wildman–Crippen MR) is 123 cm³/mol. The fourth-order valence-electron chi connectivity index (χ4n) is 9.04. The Morgan fingerprint density at radius 1 is 0.939 bits per heavy atom. The van der Waals surface area contributed by atoms with E-state index >= 15 is 0 Å². The summed E-state index contributed by atoms with van der Waals surface area (Å²) in [5.74, 6) is 0.340. The number of nitrogens with one attached hydrogen (secondary N) is 1. The van der Waals surface area contributed by atoms with E-state index in [4.69, 9.17) is 5.11 Å². The first-order valence-corrected chi connectivity index (χ1v) is 13.0. The zero-order chi connectivity index (χ0) is 24.1. The van der Waals surface area contributed by atoms with Gasteiger partial charge < -0.3 is 25.7 Å². The summed E-state index contributed by atoms with van der Waals surface area (Å²) in [4.78, 5) is 22.7. The Morgan fingerprint density at radius 3 is 2.30 bits per heavy atom. The molecule has 0 bridgehead atoms. The van der Waals surface area contributed by atoms with Crippen molar-refractivity contribution in [2.75, 3.05) is 6.54 Å². The van der Waals surface area contributed by atoms with Gasteiger partial charge in [-0.15, -0.1) is 0 Å². The molecule has 4 rings (SSSR count). The average molecular weight is 466 g/mol. The van der Waals surface area contributed by atoms with Gasteiger partial charge in [-0.25, -0.2) is 0 Å². The topological polar surface area (TPSA) is 127 Å². The highest BCUT2D eigenvalue weighted by atomic mass is 16.4. The lowest BCUT2D eigenvalue weighted by Gasteiger charge is -2.63. The van der Waals surface area contributed by atoms with Gasteiger partial charge in [-0.05, 0) is 97.7 Å². The second-order valence-corrected chi connectivity index (χ2v) is 12.2. The van der Waals surface area contributed by atoms with Crippen LogP contribution in [0.4, 0.5) is 0 Å². The van der Waals surface area contributed by atoms with Gasteiger partial charge in [0.15, 0.2) is 0 Å². The van der Waals surface area contributed by atoms with E-state index in [1.54, 1.807) is 0 Å². The molecule has 1 amide bonds. The standard InChI is InChI=1S/C26H43NO6/c1-14(4-7-20(29)27-13-21(30)31)16-5-6-17-22-18(9-11-25(16,17)2)26(3)10-8-15(28)12-19(26)23(32)24(22)33/h14-19,22-24,28,32-33H,4-13H2,1-3H3,(H,27,29)(H,30,31). The molecule has 0 radical (unpaired) electrons. The first kappa shape index (κ1) is 24.9. The van der Waals surface area contributed by atoms with Crippen LogP contribution in [0, 0.1) is 46.3 Å². The third-order valence-electron chi connectivity index (χ3n) is 10.7. The van der Waals surface area contributed by atoms with Crippen LogP contribution in [-0.2, 0) is 9.59 Å². The van der Waals surface area contributed by atoms with Crippen LogP contribution in [0.15, 0.2) is 0 Å². The summed E-state index contributed by atoms with van der Waals surface area (Å²) in [5.41, 5.74) is 0.0476. The Balaban J connectivity index is 1.47. The maximum absolute atomic E-state index is 12.0. The molecular weight excluding hydrogens is 422 g/mol. The molecule has 4 aliphatic carbocycles. The summed E-state index contributed by atoms with van der Waals surface area (Å²) in [7, 11) is 0. The zero-order valence-electron chi connectivity index (χ0n) is 20.4. The number of aliphatic carboxylic acids is 1. The van der Waals surface area contributed by atoms with E-state index in [1.807, 2.05) is 0 Å². The summed E-state index contributed by atoms with van der Waals surface area (Å²) in [5, 5.41) is 44.0. The number of carboxylic acids is 1. The van der Waals surface area contributed by atoms with Crippen LogP contribution in [0.5, 0.6) is 0 Å². The van der Waals surface area contributed by atoms with Gasteiger partial charge in [-0.2, -0.15) is 0 Å². The predicted octanol–water partition coefficient (Wildman–Crippen LogP) is 2.56. The highest BCUT2D eigenvalue weighted by Gasteiger charge is 2.65. The summed E-state index contributed by atoms with van der Waals surface area (Å²) in [6.07, 6.45) is 5.74. The van der Waals surface area contributed by atoms with Crippen LogP contribution in [0.2, 0.25) is 0 Å². The Hall–Kier alpha value is -1.18. The zero-order valence-corrected chi connectivity index (χ0v) is 20.4. The van der Waals surface area contributed by atoms with Gasteiger partial charge in [0.05, 0.1) is 18.3 Å². The van der Waals surface area contributed by atoms with Crippen molar-refractivity contribution < 1.29 is 30.0 Å². The van der Waals surface area contributed by atoms with Crippen LogP contribution in [0.3, 0.4) is 0 Å². The molecule has 0 aromatic heterocycles. The van der Waals surface area contributed by atoms with Crippen LogP contribution < -0.4 is 5.32 Å². The largest absolute Gasteiger partial charge is 0.480 e. The molecule has 0 aliphatic heterocycles. The molecule has 4 aliphatic rings. The minimum absolute atomic E-state index is 0.0319. The van der Waals surface area contributed by atoms with Crippen molar-refractivity contribution in [3.05, 3.63) is 0 Å². The molecule has 0 heterocycles. The third-order valence-corrected chi connectivity index (χ3v) is 10.7. The molecule has 7 heteroatoms. The number of amides is 1. The minimum atomic E-state index is -1.03. The normalized spacial score (nSPS) is 47.7. The van der Waals surface area contributed by atoms with Crippen molar-refractivity contribution >= 4 is 11.9 Å². The van der Waals surface area contributed by atoms with E-state index in [2.05, 4.69) is 26.1 Å². The number of aliphatic hydroxyl groups excluding tert-OH is 3. The monoisotopic (exact) mass is 465 g/mol. The molecule has 0 spiro atoms. The first-order chi connectivity index (χ1) is 15.5. The van der Waals surface area contributed by atoms with E-state index in [-0.39, 0.29) is 41.2 Å². The van der Waals surface area contributed by atoms with Gasteiger partial charge in [0.25, 0.3) is 0 Å². The van der Waals surface area contributed by atoms with Crippen LogP contribution in [0.1, 0.15) is 78.6 Å². The van der Waals surface area contributed by atoms with Gasteiger partial charge >= 0.3 is 5.97 Å². The lowest BCUT2D eigenvalue weighted by molar-refractivity contribution is -0.223. The molecule has 4 saturated carbocycles. The molecular formula is C26H43NO6. The lowest BCUT2D eigenvalue weighted by Crippen LogP contribution is -2.64. The molecule has 0 saturated heterocycles. The maximum Gasteiger partial charge on any atom is 0.322 e. The van der Waals surface area contributed by atoms with Crippen LogP contribution in [-0.4, -0.2) is 57.2 Å². The molecule has 7 nitrogen and oxygen atoms in total. The second-order valence-electron chi connectivity index (χ2n) is 12.2. The number of rotatable bonds is 6. The number of carbonyl (C=O) groups is 2. The van der Waals surface area contributed by atoms with Gasteiger partial charge in [0.2, 0.25) is 5.91 Å². The maximum atomic E-state index is 12.0. The summed E-state index contributed by atoms with van der Waals surface area (Å²) < 4.78 is 0. The number of hydrogen-bond acceptors (Lipinski definition) is 5. The minimum Gasteiger partial charge on any atom is -0.480 e. The molecule has 0 aromatic rings. The number of fused-ring (bicyclic) bond motifs is 5. The van der Waals surface area contributed by atoms with E-state index < -0.39 is 18.2 Å². The van der Waals surface area contributed by atoms with E-state index in [1.165, 1.54) is 0 Å². The van der Waals surface area contributed by atoms with Gasteiger partial charge in [0, 0.05) is 6.42 Å². The molecule has 11 unspecified atom stereocenters. The molecule has 11 atom stereocenters. The van der Waals surface area contributed by atoms with Crippen molar-refractivity contribution in [2.24, 2.45) is 46.3 Å². The third kappa shape index (κ3) is 4.23. The Labute approximate surface area is 197 Å². The van der Waals surface area contributed by atoms with Crippen molar-refractivity contribution in [2.45, 2.75) is 96.9 Å². The van der Waals surface area contributed by atoms with Gasteiger partial charge in [0.1, 0.15) is 6.54 Å². The molecule has 5 N–H and O–H groups in total. The SMILES string of the molecule is CC(CCC(=O)NCC(=O)O)C1CCC2C3C(O)C(O)C4CC(O)CCC4(C)C3CCC12C. The summed E-state index contributed by atoms with van der Waals surface area (Å²) >= 11 is 0. The van der Waals surface area contributed by atoms with E-state index in [9.17, 15) is 24.9 Å². The molecule has 4 fully saturated rings. The quantitative estimate of drug-likeness (QED) is 0.410. The molecule has 33 heavy (non-hydrogen) atoms. The summed E-state index contributed by atoms with van der Waals surface area (Å²) in [6, 6.07) is 0. The van der Waals surface area contributed by atoms with Gasteiger partial charge in [-0.1, -0.05) is 20.8 Å². The second kappa shape index (κ2) is 9.12. The van der Waals surface area contributed by atoms with Crippen molar-refractivity contribution in [3.8, 4) is 0 Å². The molecule has 0 aromatic carbocycles. The molecule has 188 valence electrons. The Bertz CT molecular complexity index is 759. The van der Waals surface area contributed by atoms with Crippen molar-refractivity contribution in [1.82, 2.24) is 5.32 Å². The average Bonchev–Trinajstić information content (AvgIpc) is 3.12. The van der Waals surface area contributed by atoms with Crippen LogP contribution in [0.25, 0.3) is 0 Å². The first-order valence-electron chi connectivity index (χ1n) is 13.0. The van der Waals surface area contributed by atoms with Gasteiger partial charge in [-0.3, -0.25) is 9.59 Å². The Kier molecular flexibility index (Phi) is 6.89. The highest BCUT2D eigenvalue weighted by Crippen LogP contribution is 2.68. The van der Waals surface area contributed by atoms with E-state index in [0.29, 0.717) is 36.5 Å². The smallest absolute Gasteiger partial charge is 0.322 e. The number of hydrogen-bond donors (Lipinski definition) is 5. The summed E-state index contributed by atoms with van der Waals surface area (Å²) in [6.45, 7) is 6.53. The lowest BCUT2D eigenvalue weighted by atomic mass is 9.43. The fourth-order valence-corrected chi connectivity index (χ4v) is 9.04. The number of aliphatic hydroxyl groups is 3. The van der Waals surface area contributed by atoms with E-state index in [0.717, 1.165) is 44.9 Å². The fraction of sp³-hybridized carbons (Fsp3) is 0.923. The van der Waals surface area contributed by atoms with Crippen molar-refractivity contribution in [1.29, 1.82) is 0 Å². The number of carboxylic acid groups (broad SMARTS) is 1. The number of carbonyl (C=O) groups excluding carboxylic acids is 1. The van der Waals surface area contributed by atoms with Crippen molar-refractivity contribution in [3.63, 3.8) is 0 Å². The Morgan fingerprint density at radius 2 is 1.61 bits per heavy atom.